The van der Waals surface area contributed by atoms with Crippen LogP contribution in [0.5, 0.6) is 11.5 Å². The highest BCUT2D eigenvalue weighted by Gasteiger charge is 2.34. The van der Waals surface area contributed by atoms with Crippen molar-refractivity contribution in [3.8, 4) is 11.5 Å². The monoisotopic (exact) mass is 364 g/mol. The molecular formula is C16H10Cl2N2O4. The van der Waals surface area contributed by atoms with Crippen molar-refractivity contribution in [2.75, 3.05) is 5.01 Å². The molecule has 122 valence electrons. The van der Waals surface area contributed by atoms with Gasteiger partial charge in [-0.25, -0.2) is 5.01 Å². The third kappa shape index (κ3) is 2.89. The van der Waals surface area contributed by atoms with E-state index in [0.29, 0.717) is 16.3 Å². The standard InChI is InChI=1S/C16H10Cl2N2O4/c17-11-3-2-9(7-12(11)18)20-16(24)10(15(23)19-20)5-8-1-4-13(21)14(22)6-8/h1-7,21-22H,(H,19,23). The number of hydrazine groups is 1. The molecule has 0 bridgehead atoms. The first-order chi connectivity index (χ1) is 11.4. The minimum absolute atomic E-state index is 0.119. The molecule has 2 aromatic carbocycles. The molecule has 0 aromatic heterocycles. The second kappa shape index (κ2) is 6.07. The lowest BCUT2D eigenvalue weighted by atomic mass is 10.1. The smallest absolute Gasteiger partial charge is 0.282 e. The molecule has 2 aromatic rings. The third-order valence-electron chi connectivity index (χ3n) is 3.36. The molecule has 3 rings (SSSR count). The summed E-state index contributed by atoms with van der Waals surface area (Å²) in [5, 5.41) is 20.4. The van der Waals surface area contributed by atoms with Crippen molar-refractivity contribution in [1.29, 1.82) is 0 Å². The van der Waals surface area contributed by atoms with Crippen molar-refractivity contribution in [3.05, 3.63) is 57.6 Å². The molecular weight excluding hydrogens is 355 g/mol. The number of hydrogen-bond acceptors (Lipinski definition) is 4. The first-order valence-corrected chi connectivity index (χ1v) is 7.46. The number of rotatable bonds is 2. The van der Waals surface area contributed by atoms with Crippen LogP contribution in [0.15, 0.2) is 42.0 Å². The van der Waals surface area contributed by atoms with Crippen LogP contribution in [0.4, 0.5) is 5.69 Å². The highest BCUT2D eigenvalue weighted by molar-refractivity contribution is 6.42. The molecule has 0 saturated carbocycles. The number of benzene rings is 2. The molecule has 0 spiro atoms. The van der Waals surface area contributed by atoms with E-state index in [0.717, 1.165) is 5.01 Å². The Morgan fingerprint density at radius 3 is 2.38 bits per heavy atom. The summed E-state index contributed by atoms with van der Waals surface area (Å²) in [6.07, 6.45) is 1.31. The maximum absolute atomic E-state index is 12.5. The summed E-state index contributed by atoms with van der Waals surface area (Å²) < 4.78 is 0. The van der Waals surface area contributed by atoms with Crippen molar-refractivity contribution in [2.45, 2.75) is 0 Å². The molecule has 1 heterocycles. The van der Waals surface area contributed by atoms with E-state index < -0.39 is 11.8 Å². The second-order valence-corrected chi connectivity index (χ2v) is 5.80. The van der Waals surface area contributed by atoms with Gasteiger partial charge < -0.3 is 10.2 Å². The first-order valence-electron chi connectivity index (χ1n) is 6.71. The van der Waals surface area contributed by atoms with Gasteiger partial charge in [0.25, 0.3) is 11.8 Å². The summed E-state index contributed by atoms with van der Waals surface area (Å²) in [7, 11) is 0. The zero-order valence-corrected chi connectivity index (χ0v) is 13.5. The molecule has 2 amide bonds. The Kier molecular flexibility index (Phi) is 4.09. The Hall–Kier alpha value is -2.70. The normalized spacial score (nSPS) is 15.9. The lowest BCUT2D eigenvalue weighted by Crippen LogP contribution is -2.35. The van der Waals surface area contributed by atoms with Gasteiger partial charge in [-0.15, -0.1) is 0 Å². The number of nitrogens with zero attached hydrogens (tertiary/aromatic N) is 1. The zero-order chi connectivity index (χ0) is 17.4. The molecule has 0 aliphatic carbocycles. The lowest BCUT2D eigenvalue weighted by molar-refractivity contribution is -0.117. The Morgan fingerprint density at radius 2 is 1.71 bits per heavy atom. The Labute approximate surface area is 146 Å². The van der Waals surface area contributed by atoms with Crippen LogP contribution in [-0.4, -0.2) is 22.0 Å². The SMILES string of the molecule is O=C1NN(c2ccc(Cl)c(Cl)c2)C(=O)C1=Cc1ccc(O)c(O)c1. The van der Waals surface area contributed by atoms with E-state index in [9.17, 15) is 19.8 Å². The number of amides is 2. The van der Waals surface area contributed by atoms with Crippen LogP contribution >= 0.6 is 23.2 Å². The highest BCUT2D eigenvalue weighted by Crippen LogP contribution is 2.30. The second-order valence-electron chi connectivity index (χ2n) is 4.99. The molecule has 6 nitrogen and oxygen atoms in total. The summed E-state index contributed by atoms with van der Waals surface area (Å²) in [6.45, 7) is 0. The maximum Gasteiger partial charge on any atom is 0.282 e. The molecule has 1 aliphatic rings. The number of carbonyl (C=O) groups excluding carboxylic acids is 2. The van der Waals surface area contributed by atoms with Gasteiger partial charge in [0, 0.05) is 0 Å². The summed E-state index contributed by atoms with van der Waals surface area (Å²) in [5.41, 5.74) is 3.06. The van der Waals surface area contributed by atoms with Gasteiger partial charge in [0.2, 0.25) is 0 Å². The van der Waals surface area contributed by atoms with E-state index in [-0.39, 0.29) is 22.1 Å². The molecule has 8 heteroatoms. The fourth-order valence-electron chi connectivity index (χ4n) is 2.16. The van der Waals surface area contributed by atoms with Gasteiger partial charge in [-0.05, 0) is 42.0 Å². The Balaban J connectivity index is 1.95. The third-order valence-corrected chi connectivity index (χ3v) is 4.10. The van der Waals surface area contributed by atoms with Crippen LogP contribution < -0.4 is 10.4 Å². The van der Waals surface area contributed by atoms with Gasteiger partial charge in [0.05, 0.1) is 15.7 Å². The topological polar surface area (TPSA) is 89.9 Å². The van der Waals surface area contributed by atoms with E-state index in [1.807, 2.05) is 0 Å². The van der Waals surface area contributed by atoms with E-state index in [1.54, 1.807) is 6.07 Å². The van der Waals surface area contributed by atoms with Gasteiger partial charge >= 0.3 is 0 Å². The van der Waals surface area contributed by atoms with Gasteiger partial charge in [0.15, 0.2) is 11.5 Å². The van der Waals surface area contributed by atoms with Crippen molar-refractivity contribution in [1.82, 2.24) is 5.43 Å². The van der Waals surface area contributed by atoms with Crippen LogP contribution in [0.25, 0.3) is 6.08 Å². The van der Waals surface area contributed by atoms with Crippen molar-refractivity contribution < 1.29 is 19.8 Å². The predicted octanol–water partition coefficient (Wildman–Crippen LogP) is 2.87. The summed E-state index contributed by atoms with van der Waals surface area (Å²) in [5.74, 6) is -1.82. The van der Waals surface area contributed by atoms with Gasteiger partial charge in [-0.2, -0.15) is 0 Å². The Bertz CT molecular complexity index is 896. The number of nitrogens with one attached hydrogen (secondary N) is 1. The van der Waals surface area contributed by atoms with Crippen LogP contribution in [0.1, 0.15) is 5.56 Å². The van der Waals surface area contributed by atoms with Crippen molar-refractivity contribution >= 4 is 46.8 Å². The van der Waals surface area contributed by atoms with Crippen LogP contribution in [0.3, 0.4) is 0 Å². The number of hydrogen-bond donors (Lipinski definition) is 3. The van der Waals surface area contributed by atoms with E-state index in [2.05, 4.69) is 5.43 Å². The van der Waals surface area contributed by atoms with Crippen LogP contribution in [0.2, 0.25) is 10.0 Å². The highest BCUT2D eigenvalue weighted by atomic mass is 35.5. The van der Waals surface area contributed by atoms with Crippen molar-refractivity contribution in [3.63, 3.8) is 0 Å². The zero-order valence-electron chi connectivity index (χ0n) is 12.0. The van der Waals surface area contributed by atoms with Crippen LogP contribution in [-0.2, 0) is 9.59 Å². The number of carbonyl (C=O) groups is 2. The number of halogens is 2. The molecule has 0 atom stereocenters. The molecule has 0 unspecified atom stereocenters. The first kappa shape index (κ1) is 16.2. The summed E-state index contributed by atoms with van der Waals surface area (Å²) >= 11 is 11.8. The van der Waals surface area contributed by atoms with Crippen LogP contribution in [0, 0.1) is 0 Å². The molecule has 24 heavy (non-hydrogen) atoms. The minimum Gasteiger partial charge on any atom is -0.504 e. The molecule has 1 fully saturated rings. The predicted molar refractivity (Wildman–Crippen MR) is 89.8 cm³/mol. The van der Waals surface area contributed by atoms with E-state index in [4.69, 9.17) is 23.2 Å². The number of phenolic OH excluding ortho intramolecular Hbond substituents is 2. The number of aromatic hydroxyl groups is 2. The number of phenols is 2. The van der Waals surface area contributed by atoms with E-state index in [1.165, 1.54) is 36.4 Å². The Morgan fingerprint density at radius 1 is 0.958 bits per heavy atom. The van der Waals surface area contributed by atoms with Gasteiger partial charge in [-0.3, -0.25) is 15.0 Å². The number of anilines is 1. The molecule has 1 aliphatic heterocycles. The fourth-order valence-corrected chi connectivity index (χ4v) is 2.45. The minimum atomic E-state index is -0.598. The molecule has 1 saturated heterocycles. The molecule has 0 radical (unpaired) electrons. The largest absolute Gasteiger partial charge is 0.504 e. The van der Waals surface area contributed by atoms with Gasteiger partial charge in [-0.1, -0.05) is 29.3 Å². The molecule has 3 N–H and O–H groups in total. The quantitative estimate of drug-likeness (QED) is 0.434. The average Bonchev–Trinajstić information content (AvgIpc) is 2.82. The fraction of sp³-hybridized carbons (Fsp3) is 0. The maximum atomic E-state index is 12.5. The average molecular weight is 365 g/mol. The van der Waals surface area contributed by atoms with Crippen molar-refractivity contribution in [2.24, 2.45) is 0 Å². The summed E-state index contributed by atoms with van der Waals surface area (Å²) in [6, 6.07) is 8.47. The lowest BCUT2D eigenvalue weighted by Gasteiger charge is -2.15. The van der Waals surface area contributed by atoms with E-state index >= 15 is 0 Å². The summed E-state index contributed by atoms with van der Waals surface area (Å²) in [4.78, 5) is 24.5. The van der Waals surface area contributed by atoms with Gasteiger partial charge in [0.1, 0.15) is 5.57 Å².